The molecule has 1 saturated carbocycles. The lowest BCUT2D eigenvalue weighted by molar-refractivity contribution is -0.151. The van der Waals surface area contributed by atoms with Crippen LogP contribution in [0.15, 0.2) is 11.9 Å². The van der Waals surface area contributed by atoms with Gasteiger partial charge in [0.2, 0.25) is 5.83 Å². The van der Waals surface area contributed by atoms with Crippen LogP contribution in [0.5, 0.6) is 0 Å². The van der Waals surface area contributed by atoms with Gasteiger partial charge in [-0.1, -0.05) is 13.8 Å². The molecule has 0 heterocycles. The van der Waals surface area contributed by atoms with E-state index in [1.165, 1.54) is 0 Å². The molecule has 2 atom stereocenters. The average molecular weight is 258 g/mol. The molecule has 0 aromatic carbocycles. The van der Waals surface area contributed by atoms with Gasteiger partial charge in [0.25, 0.3) is 0 Å². The topological polar surface area (TPSA) is 63.6 Å². The summed E-state index contributed by atoms with van der Waals surface area (Å²) in [6.45, 7) is 8.38. The highest BCUT2D eigenvalue weighted by molar-refractivity contribution is 5.87. The van der Waals surface area contributed by atoms with Crippen LogP contribution >= 0.6 is 0 Å². The second-order valence-electron chi connectivity index (χ2n) is 6.18. The van der Waals surface area contributed by atoms with Crippen molar-refractivity contribution in [2.45, 2.75) is 40.2 Å². The number of esters is 1. The van der Waals surface area contributed by atoms with Crippen molar-refractivity contribution in [3.05, 3.63) is 11.9 Å². The SMILES string of the molecule is CC(C)(C)OC(=O)/C(F)=C\C1[C@@H](C(=O)O)C1(C)C. The Morgan fingerprint density at radius 3 is 2.17 bits per heavy atom. The third-order valence-electron chi connectivity index (χ3n) is 3.10. The first-order chi connectivity index (χ1) is 7.97. The fourth-order valence-corrected chi connectivity index (χ4v) is 2.01. The molecule has 0 saturated heterocycles. The molecule has 0 spiro atoms. The van der Waals surface area contributed by atoms with E-state index in [2.05, 4.69) is 0 Å². The van der Waals surface area contributed by atoms with Crippen molar-refractivity contribution in [2.75, 3.05) is 0 Å². The lowest BCUT2D eigenvalue weighted by atomic mass is 10.1. The lowest BCUT2D eigenvalue weighted by Crippen LogP contribution is -2.24. The predicted octanol–water partition coefficient (Wildman–Crippen LogP) is 2.54. The van der Waals surface area contributed by atoms with E-state index < -0.39 is 40.6 Å². The van der Waals surface area contributed by atoms with Crippen molar-refractivity contribution in [2.24, 2.45) is 17.3 Å². The van der Waals surface area contributed by atoms with Gasteiger partial charge in [-0.05, 0) is 38.2 Å². The van der Waals surface area contributed by atoms with Crippen LogP contribution in [0.4, 0.5) is 4.39 Å². The van der Waals surface area contributed by atoms with E-state index in [1.54, 1.807) is 34.6 Å². The molecule has 0 aromatic heterocycles. The molecule has 0 radical (unpaired) electrons. The largest absolute Gasteiger partial charge is 0.481 e. The van der Waals surface area contributed by atoms with Gasteiger partial charge < -0.3 is 9.84 Å². The van der Waals surface area contributed by atoms with Crippen molar-refractivity contribution in [1.29, 1.82) is 0 Å². The Balaban J connectivity index is 2.74. The molecular formula is C13H19FO4. The first-order valence-corrected chi connectivity index (χ1v) is 5.80. The monoisotopic (exact) mass is 258 g/mol. The summed E-state index contributed by atoms with van der Waals surface area (Å²) in [6.07, 6.45) is 1.06. The summed E-state index contributed by atoms with van der Waals surface area (Å²) in [7, 11) is 0. The standard InChI is InChI=1S/C13H19FO4/c1-12(2,3)18-11(17)8(14)6-7-9(10(15)16)13(7,4)5/h6-7,9H,1-5H3,(H,15,16)/b8-6+/t7?,9-/m0/s1. The maximum absolute atomic E-state index is 13.6. The fourth-order valence-electron chi connectivity index (χ4n) is 2.01. The molecule has 1 aliphatic rings. The molecule has 0 bridgehead atoms. The van der Waals surface area contributed by atoms with Gasteiger partial charge in [-0.2, -0.15) is 4.39 Å². The van der Waals surface area contributed by atoms with Crippen molar-refractivity contribution >= 4 is 11.9 Å². The molecule has 1 fully saturated rings. The summed E-state index contributed by atoms with van der Waals surface area (Å²) in [6, 6.07) is 0. The third kappa shape index (κ3) is 3.09. The Bertz CT molecular complexity index is 404. The molecule has 1 aliphatic carbocycles. The maximum Gasteiger partial charge on any atom is 0.367 e. The minimum Gasteiger partial charge on any atom is -0.481 e. The summed E-state index contributed by atoms with van der Waals surface area (Å²) in [5.74, 6) is -4.16. The quantitative estimate of drug-likeness (QED) is 0.624. The zero-order chi connectivity index (χ0) is 14.3. The molecule has 1 N–H and O–H groups in total. The van der Waals surface area contributed by atoms with E-state index >= 15 is 0 Å². The van der Waals surface area contributed by atoms with Gasteiger partial charge in [0.1, 0.15) is 5.60 Å². The van der Waals surface area contributed by atoms with E-state index in [-0.39, 0.29) is 0 Å². The van der Waals surface area contributed by atoms with E-state index in [9.17, 15) is 14.0 Å². The molecule has 1 rings (SSSR count). The van der Waals surface area contributed by atoms with Gasteiger partial charge >= 0.3 is 11.9 Å². The first kappa shape index (κ1) is 14.7. The highest BCUT2D eigenvalue weighted by Gasteiger charge is 2.61. The Morgan fingerprint density at radius 2 is 1.83 bits per heavy atom. The number of carboxylic acids is 1. The van der Waals surface area contributed by atoms with Gasteiger partial charge in [-0.15, -0.1) is 0 Å². The normalized spacial score (nSPS) is 26.7. The van der Waals surface area contributed by atoms with Gasteiger partial charge in [0.15, 0.2) is 0 Å². The number of halogens is 1. The van der Waals surface area contributed by atoms with Crippen LogP contribution in [0.3, 0.4) is 0 Å². The van der Waals surface area contributed by atoms with Crippen molar-refractivity contribution in [1.82, 2.24) is 0 Å². The number of hydrogen-bond acceptors (Lipinski definition) is 3. The number of aliphatic carboxylic acids is 1. The summed E-state index contributed by atoms with van der Waals surface area (Å²) in [5, 5.41) is 8.93. The minimum atomic E-state index is -1.05. The Morgan fingerprint density at radius 1 is 1.33 bits per heavy atom. The molecule has 0 aliphatic heterocycles. The van der Waals surface area contributed by atoms with Crippen LogP contribution in [0.1, 0.15) is 34.6 Å². The molecular weight excluding hydrogens is 239 g/mol. The van der Waals surface area contributed by atoms with Crippen LogP contribution in [-0.4, -0.2) is 22.6 Å². The fraction of sp³-hybridized carbons (Fsp3) is 0.692. The number of carbonyl (C=O) groups excluding carboxylic acids is 1. The number of allylic oxidation sites excluding steroid dienone is 1. The average Bonchev–Trinajstić information content (AvgIpc) is 2.64. The van der Waals surface area contributed by atoms with E-state index in [0.717, 1.165) is 6.08 Å². The highest BCUT2D eigenvalue weighted by Crippen LogP contribution is 2.59. The van der Waals surface area contributed by atoms with Crippen LogP contribution in [0, 0.1) is 17.3 Å². The van der Waals surface area contributed by atoms with Crippen molar-refractivity contribution < 1.29 is 23.8 Å². The summed E-state index contributed by atoms with van der Waals surface area (Å²) in [5.41, 5.74) is -1.29. The number of hydrogen-bond donors (Lipinski definition) is 1. The first-order valence-electron chi connectivity index (χ1n) is 5.80. The number of carboxylic acid groups (broad SMARTS) is 1. The van der Waals surface area contributed by atoms with Gasteiger partial charge in [-0.25, -0.2) is 4.79 Å². The number of carbonyl (C=O) groups is 2. The van der Waals surface area contributed by atoms with Crippen LogP contribution in [-0.2, 0) is 14.3 Å². The van der Waals surface area contributed by atoms with E-state index in [0.29, 0.717) is 0 Å². The Kier molecular flexibility index (Phi) is 3.56. The molecule has 18 heavy (non-hydrogen) atoms. The van der Waals surface area contributed by atoms with Crippen molar-refractivity contribution in [3.8, 4) is 0 Å². The van der Waals surface area contributed by atoms with Gasteiger partial charge in [-0.3, -0.25) is 4.79 Å². The molecule has 5 heteroatoms. The van der Waals surface area contributed by atoms with E-state index in [1.807, 2.05) is 0 Å². The maximum atomic E-state index is 13.6. The number of rotatable bonds is 3. The molecule has 0 aromatic rings. The summed E-state index contributed by atoms with van der Waals surface area (Å²) >= 11 is 0. The van der Waals surface area contributed by atoms with Crippen LogP contribution in [0.2, 0.25) is 0 Å². The summed E-state index contributed by atoms with van der Waals surface area (Å²) < 4.78 is 18.5. The molecule has 102 valence electrons. The lowest BCUT2D eigenvalue weighted by Gasteiger charge is -2.18. The molecule has 4 nitrogen and oxygen atoms in total. The Hall–Kier alpha value is -1.39. The van der Waals surface area contributed by atoms with Crippen LogP contribution < -0.4 is 0 Å². The zero-order valence-corrected chi connectivity index (χ0v) is 11.3. The highest BCUT2D eigenvalue weighted by atomic mass is 19.1. The Labute approximate surface area is 106 Å². The second-order valence-corrected chi connectivity index (χ2v) is 6.18. The second kappa shape index (κ2) is 4.37. The van der Waals surface area contributed by atoms with Gasteiger partial charge in [0, 0.05) is 0 Å². The van der Waals surface area contributed by atoms with E-state index in [4.69, 9.17) is 9.84 Å². The third-order valence-corrected chi connectivity index (χ3v) is 3.10. The van der Waals surface area contributed by atoms with Crippen LogP contribution in [0.25, 0.3) is 0 Å². The van der Waals surface area contributed by atoms with Gasteiger partial charge in [0.05, 0.1) is 5.92 Å². The molecule has 1 unspecified atom stereocenters. The predicted molar refractivity (Wildman–Crippen MR) is 63.4 cm³/mol. The summed E-state index contributed by atoms with van der Waals surface area (Å²) in [4.78, 5) is 22.3. The number of ether oxygens (including phenoxy) is 1. The smallest absolute Gasteiger partial charge is 0.367 e. The minimum absolute atomic E-state index is 0.470. The molecule has 0 amide bonds. The zero-order valence-electron chi connectivity index (χ0n) is 11.3. The van der Waals surface area contributed by atoms with Crippen molar-refractivity contribution in [3.63, 3.8) is 0 Å².